The number of hydrogen-bond acceptors (Lipinski definition) is 4. The topological polar surface area (TPSA) is 76.7 Å². The van der Waals surface area contributed by atoms with Crippen LogP contribution in [0.2, 0.25) is 0 Å². The number of alkyl carbamates (subject to hydrolysis) is 1. The van der Waals surface area contributed by atoms with E-state index in [9.17, 15) is 9.59 Å². The lowest BCUT2D eigenvalue weighted by Crippen LogP contribution is -2.45. The molecule has 0 saturated carbocycles. The van der Waals surface area contributed by atoms with Crippen molar-refractivity contribution >= 4 is 17.7 Å². The Morgan fingerprint density at radius 2 is 1.37 bits per heavy atom. The SMILES string of the molecule is Cc1ccc(C)c(NC(=O)[C@H](Cc2ccc(OCc3ccccc3)cc2)NC(=O)OCc2ccccc2)c1. The summed E-state index contributed by atoms with van der Waals surface area (Å²) in [5, 5.41) is 5.71. The van der Waals surface area contributed by atoms with Crippen molar-refractivity contribution in [2.24, 2.45) is 0 Å². The normalized spacial score (nSPS) is 11.3. The lowest BCUT2D eigenvalue weighted by molar-refractivity contribution is -0.118. The van der Waals surface area contributed by atoms with E-state index in [0.717, 1.165) is 33.6 Å². The van der Waals surface area contributed by atoms with E-state index in [0.29, 0.717) is 12.3 Å². The third-order valence-corrected chi connectivity index (χ3v) is 6.08. The molecule has 1 atom stereocenters. The number of carbonyl (C=O) groups is 2. The molecule has 0 aliphatic carbocycles. The van der Waals surface area contributed by atoms with E-state index in [2.05, 4.69) is 10.6 Å². The van der Waals surface area contributed by atoms with Gasteiger partial charge in [0.25, 0.3) is 0 Å². The summed E-state index contributed by atoms with van der Waals surface area (Å²) in [7, 11) is 0. The first-order valence-corrected chi connectivity index (χ1v) is 12.6. The van der Waals surface area contributed by atoms with Gasteiger partial charge in [0, 0.05) is 12.1 Å². The van der Waals surface area contributed by atoms with E-state index in [4.69, 9.17) is 9.47 Å². The van der Waals surface area contributed by atoms with E-state index in [1.165, 1.54) is 0 Å². The fourth-order valence-corrected chi connectivity index (χ4v) is 3.91. The van der Waals surface area contributed by atoms with Crippen LogP contribution in [0.3, 0.4) is 0 Å². The van der Waals surface area contributed by atoms with Gasteiger partial charge in [-0.15, -0.1) is 0 Å². The highest BCUT2D eigenvalue weighted by molar-refractivity contribution is 5.97. The van der Waals surface area contributed by atoms with Crippen molar-refractivity contribution in [2.45, 2.75) is 39.5 Å². The molecule has 0 aliphatic heterocycles. The molecule has 2 amide bonds. The Bertz CT molecular complexity index is 1340. The molecule has 6 heteroatoms. The average molecular weight is 509 g/mol. The molecule has 0 aromatic heterocycles. The molecule has 0 unspecified atom stereocenters. The predicted octanol–water partition coefficient (Wildman–Crippen LogP) is 6.36. The Hall–Kier alpha value is -4.58. The number of nitrogens with one attached hydrogen (secondary N) is 2. The third-order valence-electron chi connectivity index (χ3n) is 6.08. The zero-order valence-corrected chi connectivity index (χ0v) is 21.6. The maximum absolute atomic E-state index is 13.3. The van der Waals surface area contributed by atoms with Crippen LogP contribution in [0.15, 0.2) is 103 Å². The molecule has 4 rings (SSSR count). The number of hydrogen-bond donors (Lipinski definition) is 2. The molecule has 0 saturated heterocycles. The van der Waals surface area contributed by atoms with Crippen LogP contribution in [-0.4, -0.2) is 18.0 Å². The largest absolute Gasteiger partial charge is 0.489 e. The fraction of sp³-hybridized carbons (Fsp3) is 0.188. The monoisotopic (exact) mass is 508 g/mol. The highest BCUT2D eigenvalue weighted by atomic mass is 16.5. The van der Waals surface area contributed by atoms with Crippen molar-refractivity contribution in [3.63, 3.8) is 0 Å². The molecule has 4 aromatic rings. The van der Waals surface area contributed by atoms with Gasteiger partial charge in [0.05, 0.1) is 0 Å². The second kappa shape index (κ2) is 13.1. The van der Waals surface area contributed by atoms with Gasteiger partial charge in [-0.3, -0.25) is 4.79 Å². The van der Waals surface area contributed by atoms with Crippen LogP contribution in [0.4, 0.5) is 10.5 Å². The predicted molar refractivity (Wildman–Crippen MR) is 149 cm³/mol. The number of anilines is 1. The third kappa shape index (κ3) is 7.96. The van der Waals surface area contributed by atoms with Gasteiger partial charge in [-0.1, -0.05) is 84.9 Å². The Morgan fingerprint density at radius 1 is 0.737 bits per heavy atom. The summed E-state index contributed by atoms with van der Waals surface area (Å²) in [5.41, 5.74) is 5.51. The highest BCUT2D eigenvalue weighted by Crippen LogP contribution is 2.19. The lowest BCUT2D eigenvalue weighted by atomic mass is 10.0. The Balaban J connectivity index is 1.42. The average Bonchev–Trinajstić information content (AvgIpc) is 2.94. The van der Waals surface area contributed by atoms with E-state index in [1.54, 1.807) is 0 Å². The minimum Gasteiger partial charge on any atom is -0.489 e. The highest BCUT2D eigenvalue weighted by Gasteiger charge is 2.23. The summed E-state index contributed by atoms with van der Waals surface area (Å²) in [6.07, 6.45) is -0.367. The van der Waals surface area contributed by atoms with E-state index < -0.39 is 12.1 Å². The van der Waals surface area contributed by atoms with Gasteiger partial charge in [0.2, 0.25) is 5.91 Å². The number of carbonyl (C=O) groups excluding carboxylic acids is 2. The summed E-state index contributed by atoms with van der Waals surface area (Å²) in [6.45, 7) is 4.48. The fourth-order valence-electron chi connectivity index (χ4n) is 3.91. The molecule has 0 radical (unpaired) electrons. The molecule has 4 aromatic carbocycles. The van der Waals surface area contributed by atoms with Gasteiger partial charge >= 0.3 is 6.09 Å². The van der Waals surface area contributed by atoms with Crippen LogP contribution in [-0.2, 0) is 29.2 Å². The van der Waals surface area contributed by atoms with Crippen LogP contribution in [0.25, 0.3) is 0 Å². The van der Waals surface area contributed by atoms with E-state index in [1.807, 2.05) is 117 Å². The molecular weight excluding hydrogens is 476 g/mol. The number of aryl methyl sites for hydroxylation is 2. The molecule has 0 spiro atoms. The molecule has 0 fully saturated rings. The number of ether oxygens (including phenoxy) is 2. The smallest absolute Gasteiger partial charge is 0.408 e. The van der Waals surface area contributed by atoms with Crippen LogP contribution >= 0.6 is 0 Å². The van der Waals surface area contributed by atoms with Gasteiger partial charge in [0.15, 0.2) is 0 Å². The maximum atomic E-state index is 13.3. The van der Waals surface area contributed by atoms with Gasteiger partial charge < -0.3 is 20.1 Å². The number of amides is 2. The zero-order valence-electron chi connectivity index (χ0n) is 21.6. The summed E-state index contributed by atoms with van der Waals surface area (Å²) in [6, 6.07) is 31.9. The molecule has 194 valence electrons. The first-order valence-electron chi connectivity index (χ1n) is 12.6. The van der Waals surface area contributed by atoms with E-state index in [-0.39, 0.29) is 18.9 Å². The Morgan fingerprint density at radius 3 is 2.03 bits per heavy atom. The van der Waals surface area contributed by atoms with Crippen molar-refractivity contribution in [2.75, 3.05) is 5.32 Å². The summed E-state index contributed by atoms with van der Waals surface area (Å²) < 4.78 is 11.3. The zero-order chi connectivity index (χ0) is 26.7. The van der Waals surface area contributed by atoms with Gasteiger partial charge in [0.1, 0.15) is 25.0 Å². The quantitative estimate of drug-likeness (QED) is 0.261. The second-order valence-electron chi connectivity index (χ2n) is 9.19. The molecule has 0 aliphatic rings. The van der Waals surface area contributed by atoms with Gasteiger partial charge in [-0.2, -0.15) is 0 Å². The molecule has 38 heavy (non-hydrogen) atoms. The standard InChI is InChI=1S/C32H32N2O4/c1-23-13-14-24(2)29(19-23)33-31(35)30(34-32(36)38-22-27-11-7-4-8-12-27)20-25-15-17-28(18-16-25)37-21-26-9-5-3-6-10-26/h3-19,30H,20-22H2,1-2H3,(H,33,35)(H,34,36)/t30-/m0/s1. The molecule has 0 bridgehead atoms. The van der Waals surface area contributed by atoms with Crippen molar-refractivity contribution < 1.29 is 19.1 Å². The van der Waals surface area contributed by atoms with Crippen LogP contribution in [0, 0.1) is 13.8 Å². The van der Waals surface area contributed by atoms with Crippen LogP contribution < -0.4 is 15.4 Å². The second-order valence-corrected chi connectivity index (χ2v) is 9.19. The first-order chi connectivity index (χ1) is 18.5. The Labute approximate surface area is 223 Å². The maximum Gasteiger partial charge on any atom is 0.408 e. The molecular formula is C32H32N2O4. The van der Waals surface area contributed by atoms with Gasteiger partial charge in [-0.25, -0.2) is 4.79 Å². The van der Waals surface area contributed by atoms with Crippen molar-refractivity contribution in [1.29, 1.82) is 0 Å². The van der Waals surface area contributed by atoms with Gasteiger partial charge in [-0.05, 0) is 59.9 Å². The van der Waals surface area contributed by atoms with Crippen molar-refractivity contribution in [3.8, 4) is 5.75 Å². The van der Waals surface area contributed by atoms with Crippen molar-refractivity contribution in [3.05, 3.63) is 131 Å². The Kier molecular flexibility index (Phi) is 9.13. The molecule has 0 heterocycles. The summed E-state index contributed by atoms with van der Waals surface area (Å²) >= 11 is 0. The minimum absolute atomic E-state index is 0.117. The first kappa shape index (κ1) is 26.5. The molecule has 2 N–H and O–H groups in total. The summed E-state index contributed by atoms with van der Waals surface area (Å²) in [5.74, 6) is 0.406. The minimum atomic E-state index is -0.839. The van der Waals surface area contributed by atoms with Crippen LogP contribution in [0.1, 0.15) is 27.8 Å². The molecule has 6 nitrogen and oxygen atoms in total. The summed E-state index contributed by atoms with van der Waals surface area (Å²) in [4.78, 5) is 25.9. The van der Waals surface area contributed by atoms with Crippen LogP contribution in [0.5, 0.6) is 5.75 Å². The number of benzene rings is 4. The van der Waals surface area contributed by atoms with Crippen molar-refractivity contribution in [1.82, 2.24) is 5.32 Å². The van der Waals surface area contributed by atoms with E-state index >= 15 is 0 Å². The lowest BCUT2D eigenvalue weighted by Gasteiger charge is -2.20. The number of rotatable bonds is 10.